The molecule has 2 rings (SSSR count). The van der Waals surface area contributed by atoms with Crippen molar-refractivity contribution in [3.8, 4) is 0 Å². The largest absolute Gasteiger partial charge is 0.303 e. The fourth-order valence-electron chi connectivity index (χ4n) is 1.56. The van der Waals surface area contributed by atoms with Crippen LogP contribution in [-0.4, -0.2) is 49.4 Å². The van der Waals surface area contributed by atoms with Crippen LogP contribution in [0.15, 0.2) is 16.5 Å². The molecule has 1 aliphatic heterocycles. The molecule has 1 aromatic rings. The zero-order chi connectivity index (χ0) is 10.7. The highest BCUT2D eigenvalue weighted by atomic mass is 35.5. The number of piperazine rings is 1. The van der Waals surface area contributed by atoms with Crippen LogP contribution in [0.4, 0.5) is 0 Å². The van der Waals surface area contributed by atoms with Crippen molar-refractivity contribution in [1.82, 2.24) is 9.91 Å². The third-order valence-electron chi connectivity index (χ3n) is 2.72. The van der Waals surface area contributed by atoms with Crippen LogP contribution in [0.1, 0.15) is 10.4 Å². The molecule has 0 unspecified atom stereocenters. The van der Waals surface area contributed by atoms with Crippen LogP contribution < -0.4 is 0 Å². The average molecular weight is 260 g/mol. The smallest absolute Gasteiger partial charge is 0.0645 e. The molecule has 0 radical (unpaired) electrons. The number of nitrogens with zero attached hydrogens (tertiary/aromatic N) is 3. The summed E-state index contributed by atoms with van der Waals surface area (Å²) in [5, 5.41) is 8.78. The second-order valence-corrected chi connectivity index (χ2v) is 4.92. The minimum absolute atomic E-state index is 0. The van der Waals surface area contributed by atoms with Gasteiger partial charge in [-0.1, -0.05) is 0 Å². The number of likely N-dealkylation sites (N-methyl/N-ethyl adjacent to an activating group) is 1. The van der Waals surface area contributed by atoms with E-state index in [0.717, 1.165) is 26.2 Å². The first kappa shape index (κ1) is 13.5. The lowest BCUT2D eigenvalue weighted by molar-refractivity contribution is 0.159. The molecule has 0 N–H and O–H groups in total. The Hall–Kier alpha value is -0.580. The maximum absolute atomic E-state index is 4.51. The van der Waals surface area contributed by atoms with Gasteiger partial charge in [0.25, 0.3) is 0 Å². The van der Waals surface area contributed by atoms with Gasteiger partial charge in [0.2, 0.25) is 0 Å². The lowest BCUT2D eigenvalue weighted by Gasteiger charge is -2.30. The van der Waals surface area contributed by atoms with Crippen LogP contribution >= 0.6 is 23.7 Å². The predicted octanol–water partition coefficient (Wildman–Crippen LogP) is 2.06. The Morgan fingerprint density at radius 3 is 2.56 bits per heavy atom. The molecule has 90 valence electrons. The summed E-state index contributed by atoms with van der Waals surface area (Å²) >= 11 is 1.75. The minimum atomic E-state index is 0. The molecule has 1 saturated heterocycles. The Morgan fingerprint density at radius 1 is 1.31 bits per heavy atom. The standard InChI is InChI=1S/C11H17N3S.ClH/c1-10-3-8-15-11(10)9-12-14-6-4-13(2)5-7-14;/h3,8-9H,4-7H2,1-2H3;1H. The second kappa shape index (κ2) is 6.23. The lowest BCUT2D eigenvalue weighted by atomic mass is 10.3. The van der Waals surface area contributed by atoms with Gasteiger partial charge in [-0.25, -0.2) is 0 Å². The highest BCUT2D eigenvalue weighted by molar-refractivity contribution is 7.11. The molecule has 3 nitrogen and oxygen atoms in total. The van der Waals surface area contributed by atoms with Gasteiger partial charge in [-0.05, 0) is 31.0 Å². The van der Waals surface area contributed by atoms with Crippen molar-refractivity contribution in [2.75, 3.05) is 33.2 Å². The van der Waals surface area contributed by atoms with Crippen molar-refractivity contribution < 1.29 is 0 Å². The molecule has 2 heterocycles. The highest BCUT2D eigenvalue weighted by Gasteiger charge is 2.10. The molecule has 0 amide bonds. The first-order valence-corrected chi connectivity index (χ1v) is 6.15. The van der Waals surface area contributed by atoms with E-state index in [4.69, 9.17) is 0 Å². The molecule has 16 heavy (non-hydrogen) atoms. The van der Waals surface area contributed by atoms with Gasteiger partial charge in [-0.2, -0.15) is 5.10 Å². The lowest BCUT2D eigenvalue weighted by Crippen LogP contribution is -2.41. The Balaban J connectivity index is 0.00000128. The molecule has 0 aliphatic carbocycles. The van der Waals surface area contributed by atoms with Crippen molar-refractivity contribution in [2.24, 2.45) is 5.10 Å². The molecule has 1 aliphatic rings. The van der Waals surface area contributed by atoms with E-state index in [1.165, 1.54) is 10.4 Å². The SMILES string of the molecule is Cc1ccsc1C=NN1CCN(C)CC1.Cl. The summed E-state index contributed by atoms with van der Waals surface area (Å²) < 4.78 is 0. The van der Waals surface area contributed by atoms with E-state index < -0.39 is 0 Å². The van der Waals surface area contributed by atoms with Crippen LogP contribution in [0.3, 0.4) is 0 Å². The van der Waals surface area contributed by atoms with Crippen LogP contribution in [0.5, 0.6) is 0 Å². The Kier molecular flexibility index (Phi) is 5.25. The quantitative estimate of drug-likeness (QED) is 0.758. The predicted molar refractivity (Wildman–Crippen MR) is 73.0 cm³/mol. The van der Waals surface area contributed by atoms with Crippen LogP contribution in [0, 0.1) is 6.92 Å². The molecular formula is C11H18ClN3S. The third-order valence-corrected chi connectivity index (χ3v) is 3.67. The van der Waals surface area contributed by atoms with Crippen LogP contribution in [-0.2, 0) is 0 Å². The number of hydrogen-bond donors (Lipinski definition) is 0. The fraction of sp³-hybridized carbons (Fsp3) is 0.545. The summed E-state index contributed by atoms with van der Waals surface area (Å²) in [6.07, 6.45) is 1.99. The second-order valence-electron chi connectivity index (χ2n) is 3.97. The minimum Gasteiger partial charge on any atom is -0.303 e. The highest BCUT2D eigenvalue weighted by Crippen LogP contribution is 2.13. The zero-order valence-electron chi connectivity index (χ0n) is 9.72. The van der Waals surface area contributed by atoms with Gasteiger partial charge < -0.3 is 4.90 Å². The van der Waals surface area contributed by atoms with Crippen LogP contribution in [0.2, 0.25) is 0 Å². The summed E-state index contributed by atoms with van der Waals surface area (Å²) in [7, 11) is 2.16. The van der Waals surface area contributed by atoms with Crippen molar-refractivity contribution in [1.29, 1.82) is 0 Å². The molecule has 1 fully saturated rings. The van der Waals surface area contributed by atoms with Crippen molar-refractivity contribution in [3.63, 3.8) is 0 Å². The first-order chi connectivity index (χ1) is 7.25. The third kappa shape index (κ3) is 3.47. The topological polar surface area (TPSA) is 18.8 Å². The van der Waals surface area contributed by atoms with E-state index in [2.05, 4.69) is 40.4 Å². The Bertz CT molecular complexity index is 343. The summed E-state index contributed by atoms with van der Waals surface area (Å²) in [6.45, 7) is 6.43. The van der Waals surface area contributed by atoms with Gasteiger partial charge in [0.15, 0.2) is 0 Å². The van der Waals surface area contributed by atoms with E-state index in [1.54, 1.807) is 11.3 Å². The van der Waals surface area contributed by atoms with Gasteiger partial charge in [0.1, 0.15) is 0 Å². The van der Waals surface area contributed by atoms with Gasteiger partial charge >= 0.3 is 0 Å². The average Bonchev–Trinajstić information content (AvgIpc) is 2.63. The summed E-state index contributed by atoms with van der Waals surface area (Å²) in [5.74, 6) is 0. The molecule has 0 spiro atoms. The van der Waals surface area contributed by atoms with Gasteiger partial charge in [-0.3, -0.25) is 5.01 Å². The maximum Gasteiger partial charge on any atom is 0.0645 e. The molecular weight excluding hydrogens is 242 g/mol. The van der Waals surface area contributed by atoms with Gasteiger partial charge in [0, 0.05) is 31.1 Å². The molecule has 5 heteroatoms. The van der Waals surface area contributed by atoms with E-state index in [0.29, 0.717) is 0 Å². The van der Waals surface area contributed by atoms with Crippen molar-refractivity contribution in [3.05, 3.63) is 21.9 Å². The monoisotopic (exact) mass is 259 g/mol. The van der Waals surface area contributed by atoms with Gasteiger partial charge in [0.05, 0.1) is 6.21 Å². The number of aryl methyl sites for hydroxylation is 1. The summed E-state index contributed by atoms with van der Waals surface area (Å²) in [4.78, 5) is 3.61. The number of hydrogen-bond acceptors (Lipinski definition) is 4. The molecule has 0 atom stereocenters. The van der Waals surface area contributed by atoms with Crippen molar-refractivity contribution >= 4 is 30.0 Å². The molecule has 1 aromatic heterocycles. The van der Waals surface area contributed by atoms with E-state index in [9.17, 15) is 0 Å². The van der Waals surface area contributed by atoms with E-state index in [-0.39, 0.29) is 12.4 Å². The number of thiophene rings is 1. The maximum atomic E-state index is 4.51. The van der Waals surface area contributed by atoms with E-state index >= 15 is 0 Å². The normalized spacial score (nSPS) is 17.8. The molecule has 0 bridgehead atoms. The number of hydrazone groups is 1. The summed E-state index contributed by atoms with van der Waals surface area (Å²) in [5.41, 5.74) is 1.32. The Labute approximate surface area is 107 Å². The summed E-state index contributed by atoms with van der Waals surface area (Å²) in [6, 6.07) is 2.13. The Morgan fingerprint density at radius 2 is 2.00 bits per heavy atom. The van der Waals surface area contributed by atoms with Gasteiger partial charge in [-0.15, -0.1) is 23.7 Å². The van der Waals surface area contributed by atoms with Crippen molar-refractivity contribution in [2.45, 2.75) is 6.92 Å². The number of rotatable bonds is 2. The van der Waals surface area contributed by atoms with E-state index in [1.807, 2.05) is 6.21 Å². The zero-order valence-corrected chi connectivity index (χ0v) is 11.4. The molecule has 0 saturated carbocycles. The van der Waals surface area contributed by atoms with Crippen LogP contribution in [0.25, 0.3) is 0 Å². The first-order valence-electron chi connectivity index (χ1n) is 5.27. The number of halogens is 1. The molecule has 0 aromatic carbocycles. The fourth-order valence-corrected chi connectivity index (χ4v) is 2.34.